The SMILES string of the molecule is CCC(CC)C(=O)NCCCCCc1nc2ccccc2n1CCC(=O)N1CCCCCC1. The molecule has 1 saturated heterocycles. The Labute approximate surface area is 199 Å². The molecule has 1 aromatic carbocycles. The number of carbonyl (C=O) groups is 2. The van der Waals surface area contributed by atoms with Crippen LogP contribution >= 0.6 is 0 Å². The normalized spacial score (nSPS) is 14.6. The van der Waals surface area contributed by atoms with Gasteiger partial charge in [0.1, 0.15) is 5.82 Å². The molecule has 1 aromatic heterocycles. The van der Waals surface area contributed by atoms with Gasteiger partial charge in [0.25, 0.3) is 0 Å². The van der Waals surface area contributed by atoms with E-state index in [1.807, 2.05) is 12.1 Å². The molecule has 6 nitrogen and oxygen atoms in total. The quantitative estimate of drug-likeness (QED) is 0.454. The van der Waals surface area contributed by atoms with Gasteiger partial charge in [-0.1, -0.05) is 45.2 Å². The summed E-state index contributed by atoms with van der Waals surface area (Å²) in [6.45, 7) is 7.39. The zero-order valence-electron chi connectivity index (χ0n) is 20.7. The zero-order valence-corrected chi connectivity index (χ0v) is 20.7. The second-order valence-corrected chi connectivity index (χ2v) is 9.33. The number of carbonyl (C=O) groups excluding carboxylic acids is 2. The molecule has 0 spiro atoms. The van der Waals surface area contributed by atoms with Crippen molar-refractivity contribution in [2.24, 2.45) is 5.92 Å². The number of para-hydroxylation sites is 2. The van der Waals surface area contributed by atoms with Gasteiger partial charge in [0, 0.05) is 44.9 Å². The Morgan fingerprint density at radius 1 is 1.00 bits per heavy atom. The molecule has 6 heteroatoms. The number of unbranched alkanes of at least 4 members (excludes halogenated alkanes) is 2. The molecule has 3 rings (SSSR count). The van der Waals surface area contributed by atoms with Crippen LogP contribution in [0.5, 0.6) is 0 Å². The average molecular weight is 455 g/mol. The van der Waals surface area contributed by atoms with E-state index in [1.165, 1.54) is 12.8 Å². The summed E-state index contributed by atoms with van der Waals surface area (Å²) in [5.74, 6) is 1.67. The van der Waals surface area contributed by atoms with Gasteiger partial charge in [0.15, 0.2) is 0 Å². The first-order valence-corrected chi connectivity index (χ1v) is 13.1. The van der Waals surface area contributed by atoms with Crippen molar-refractivity contribution in [3.63, 3.8) is 0 Å². The largest absolute Gasteiger partial charge is 0.356 e. The highest BCUT2D eigenvalue weighted by Gasteiger charge is 2.17. The van der Waals surface area contributed by atoms with Crippen LogP contribution in [0.15, 0.2) is 24.3 Å². The van der Waals surface area contributed by atoms with E-state index in [0.717, 1.165) is 87.9 Å². The van der Waals surface area contributed by atoms with E-state index in [0.29, 0.717) is 13.0 Å². The molecule has 0 radical (unpaired) electrons. The van der Waals surface area contributed by atoms with Crippen LogP contribution in [0.4, 0.5) is 0 Å². The van der Waals surface area contributed by atoms with Crippen molar-refractivity contribution in [1.29, 1.82) is 0 Å². The molecule has 1 aliphatic rings. The predicted octanol–water partition coefficient (Wildman–Crippen LogP) is 5.09. The Morgan fingerprint density at radius 2 is 1.73 bits per heavy atom. The summed E-state index contributed by atoms with van der Waals surface area (Å²) in [6, 6.07) is 8.23. The number of rotatable bonds is 12. The minimum atomic E-state index is 0.141. The molecule has 2 aromatic rings. The first kappa shape index (κ1) is 25.3. The summed E-state index contributed by atoms with van der Waals surface area (Å²) in [5, 5.41) is 3.08. The molecule has 0 unspecified atom stereocenters. The maximum atomic E-state index is 12.8. The number of nitrogens with one attached hydrogen (secondary N) is 1. The number of amides is 2. The highest BCUT2D eigenvalue weighted by molar-refractivity contribution is 5.79. The van der Waals surface area contributed by atoms with Gasteiger partial charge in [-0.3, -0.25) is 9.59 Å². The minimum absolute atomic E-state index is 0.141. The van der Waals surface area contributed by atoms with E-state index < -0.39 is 0 Å². The van der Waals surface area contributed by atoms with E-state index in [2.05, 4.69) is 40.8 Å². The summed E-state index contributed by atoms with van der Waals surface area (Å²) >= 11 is 0. The van der Waals surface area contributed by atoms with Crippen LogP contribution in [-0.2, 0) is 22.6 Å². The van der Waals surface area contributed by atoms with Crippen molar-refractivity contribution in [3.8, 4) is 0 Å². The first-order chi connectivity index (χ1) is 16.1. The Kier molecular flexibility index (Phi) is 10.2. The van der Waals surface area contributed by atoms with Gasteiger partial charge in [-0.25, -0.2) is 4.98 Å². The average Bonchev–Trinajstić information content (AvgIpc) is 2.98. The molecule has 1 aliphatic heterocycles. The molecular formula is C27H42N4O2. The maximum absolute atomic E-state index is 12.8. The molecule has 182 valence electrons. The lowest BCUT2D eigenvalue weighted by Crippen LogP contribution is -2.32. The third kappa shape index (κ3) is 7.31. The van der Waals surface area contributed by atoms with Crippen LogP contribution in [0.2, 0.25) is 0 Å². The molecule has 0 bridgehead atoms. The fraction of sp³-hybridized carbons (Fsp3) is 0.667. The summed E-state index contributed by atoms with van der Waals surface area (Å²) in [6.07, 6.45) is 11.0. The summed E-state index contributed by atoms with van der Waals surface area (Å²) in [5.41, 5.74) is 2.13. The van der Waals surface area contributed by atoms with Crippen LogP contribution in [0.1, 0.15) is 83.9 Å². The lowest BCUT2D eigenvalue weighted by molar-refractivity contribution is -0.131. The fourth-order valence-corrected chi connectivity index (χ4v) is 4.85. The van der Waals surface area contributed by atoms with Crippen LogP contribution in [0.25, 0.3) is 11.0 Å². The first-order valence-electron chi connectivity index (χ1n) is 13.1. The molecular weight excluding hydrogens is 412 g/mol. The Morgan fingerprint density at radius 3 is 2.45 bits per heavy atom. The zero-order chi connectivity index (χ0) is 23.5. The fourth-order valence-electron chi connectivity index (χ4n) is 4.85. The van der Waals surface area contributed by atoms with Gasteiger partial charge in [-0.2, -0.15) is 0 Å². The predicted molar refractivity (Wildman–Crippen MR) is 134 cm³/mol. The Bertz CT molecular complexity index is 879. The van der Waals surface area contributed by atoms with Gasteiger partial charge in [-0.05, 0) is 50.7 Å². The van der Waals surface area contributed by atoms with E-state index in [-0.39, 0.29) is 17.7 Å². The van der Waals surface area contributed by atoms with Crippen LogP contribution in [0.3, 0.4) is 0 Å². The number of imidazole rings is 1. The van der Waals surface area contributed by atoms with Crippen molar-refractivity contribution >= 4 is 22.8 Å². The molecule has 1 fully saturated rings. The summed E-state index contributed by atoms with van der Waals surface area (Å²) in [7, 11) is 0. The maximum Gasteiger partial charge on any atom is 0.224 e. The summed E-state index contributed by atoms with van der Waals surface area (Å²) in [4.78, 5) is 31.9. The van der Waals surface area contributed by atoms with Crippen LogP contribution in [0, 0.1) is 5.92 Å². The number of likely N-dealkylation sites (tertiary alicyclic amines) is 1. The van der Waals surface area contributed by atoms with Crippen molar-refractivity contribution in [2.45, 2.75) is 91.0 Å². The summed E-state index contributed by atoms with van der Waals surface area (Å²) < 4.78 is 2.25. The highest BCUT2D eigenvalue weighted by atomic mass is 16.2. The van der Waals surface area contributed by atoms with Crippen LogP contribution < -0.4 is 5.32 Å². The number of aromatic nitrogens is 2. The van der Waals surface area contributed by atoms with Gasteiger partial charge < -0.3 is 14.8 Å². The lowest BCUT2D eigenvalue weighted by Gasteiger charge is -2.20. The molecule has 1 N–H and O–H groups in total. The number of fused-ring (bicyclic) bond motifs is 1. The molecule has 2 amide bonds. The third-order valence-electron chi connectivity index (χ3n) is 6.97. The number of hydrogen-bond acceptors (Lipinski definition) is 3. The van der Waals surface area contributed by atoms with E-state index in [4.69, 9.17) is 4.98 Å². The van der Waals surface area contributed by atoms with Gasteiger partial charge in [0.05, 0.1) is 11.0 Å². The molecule has 0 atom stereocenters. The Balaban J connectivity index is 1.51. The second-order valence-electron chi connectivity index (χ2n) is 9.33. The molecule has 0 saturated carbocycles. The van der Waals surface area contributed by atoms with Gasteiger partial charge in [0.2, 0.25) is 11.8 Å². The van der Waals surface area contributed by atoms with Gasteiger partial charge >= 0.3 is 0 Å². The third-order valence-corrected chi connectivity index (χ3v) is 6.97. The second kappa shape index (κ2) is 13.4. The highest BCUT2D eigenvalue weighted by Crippen LogP contribution is 2.19. The number of aryl methyl sites for hydroxylation is 2. The lowest BCUT2D eigenvalue weighted by atomic mass is 10.0. The number of hydrogen-bond donors (Lipinski definition) is 1. The number of benzene rings is 1. The minimum Gasteiger partial charge on any atom is -0.356 e. The monoisotopic (exact) mass is 454 g/mol. The molecule has 0 aliphatic carbocycles. The standard InChI is InChI=1S/C27H42N4O2/c1-3-22(4-2)27(33)28-18-11-7-8-16-25-29-23-14-9-10-15-24(23)31(25)21-17-26(32)30-19-12-5-6-13-20-30/h9-10,14-15,22H,3-8,11-13,16-21H2,1-2H3,(H,28,33). The van der Waals surface area contributed by atoms with Gasteiger partial charge in [-0.15, -0.1) is 0 Å². The van der Waals surface area contributed by atoms with Crippen molar-refractivity contribution in [3.05, 3.63) is 30.1 Å². The van der Waals surface area contributed by atoms with Crippen molar-refractivity contribution in [1.82, 2.24) is 19.8 Å². The van der Waals surface area contributed by atoms with Crippen molar-refractivity contribution < 1.29 is 9.59 Å². The van der Waals surface area contributed by atoms with Crippen LogP contribution in [-0.4, -0.2) is 45.9 Å². The van der Waals surface area contributed by atoms with E-state index in [1.54, 1.807) is 0 Å². The molecule has 2 heterocycles. The number of nitrogens with zero attached hydrogens (tertiary/aromatic N) is 3. The smallest absolute Gasteiger partial charge is 0.224 e. The van der Waals surface area contributed by atoms with Crippen molar-refractivity contribution in [2.75, 3.05) is 19.6 Å². The van der Waals surface area contributed by atoms with E-state index in [9.17, 15) is 9.59 Å². The molecule has 33 heavy (non-hydrogen) atoms. The Hall–Kier alpha value is -2.37. The van der Waals surface area contributed by atoms with E-state index >= 15 is 0 Å². The topological polar surface area (TPSA) is 67.2 Å².